The number of benzene rings is 2. The van der Waals surface area contributed by atoms with Gasteiger partial charge in [0.25, 0.3) is 0 Å². The lowest BCUT2D eigenvalue weighted by molar-refractivity contribution is 0.0696. The van der Waals surface area contributed by atoms with Gasteiger partial charge in [-0.25, -0.2) is 4.79 Å². The van der Waals surface area contributed by atoms with Crippen molar-refractivity contribution in [3.05, 3.63) is 54.1 Å². The van der Waals surface area contributed by atoms with Crippen LogP contribution in [-0.4, -0.2) is 15.8 Å². The monoisotopic (exact) mass is 227 g/mol. The van der Waals surface area contributed by atoms with Gasteiger partial charge in [-0.1, -0.05) is 24.3 Å². The molecule has 4 heteroatoms. The number of carboxylic acid groups (broad SMARTS) is 1. The van der Waals surface area contributed by atoms with Gasteiger partial charge in [0.1, 0.15) is 11.1 Å². The highest BCUT2D eigenvalue weighted by molar-refractivity contribution is 6.00. The fraction of sp³-hybridized carbons (Fsp3) is 0. The second kappa shape index (κ2) is 3.52. The molecule has 0 aliphatic rings. The van der Waals surface area contributed by atoms with Crippen LogP contribution >= 0.6 is 0 Å². The molecule has 0 saturated heterocycles. The summed E-state index contributed by atoms with van der Waals surface area (Å²) in [5.74, 6) is -0.977. The molecule has 0 bridgehead atoms. The second-order valence-electron chi connectivity index (χ2n) is 3.68. The van der Waals surface area contributed by atoms with Gasteiger partial charge in [0, 0.05) is 0 Å². The first kappa shape index (κ1) is 9.72. The maximum atomic E-state index is 11.0. The van der Waals surface area contributed by atoms with Crippen molar-refractivity contribution in [1.82, 2.24) is 4.74 Å². The largest absolute Gasteiger partial charge is 0.478 e. The summed E-state index contributed by atoms with van der Waals surface area (Å²) in [6, 6.07) is 14.6. The van der Waals surface area contributed by atoms with Crippen molar-refractivity contribution >= 4 is 17.1 Å². The predicted molar refractivity (Wildman–Crippen MR) is 62.5 cm³/mol. The molecule has 84 valence electrons. The van der Waals surface area contributed by atoms with Crippen LogP contribution < -0.4 is 0 Å². The summed E-state index contributed by atoms with van der Waals surface area (Å²) in [6.07, 6.45) is 0. The number of nitrogens with zero attached hydrogens (tertiary/aromatic N) is 1. The first-order chi connectivity index (χ1) is 8.27. The zero-order chi connectivity index (χ0) is 11.8. The van der Waals surface area contributed by atoms with E-state index in [0.29, 0.717) is 5.58 Å². The lowest BCUT2D eigenvalue weighted by Crippen LogP contribution is -2.06. The normalized spacial score (nSPS) is 10.8. The third-order valence-electron chi connectivity index (χ3n) is 2.62. The molecule has 1 heterocycles. The Morgan fingerprint density at radius 3 is 2.53 bits per heavy atom. The molecule has 0 spiro atoms. The third-order valence-corrected chi connectivity index (χ3v) is 2.62. The zero-order valence-corrected chi connectivity index (χ0v) is 8.83. The van der Waals surface area contributed by atoms with Crippen molar-refractivity contribution < 1.29 is 14.4 Å². The maximum Gasteiger partial charge on any atom is 0.339 e. The van der Waals surface area contributed by atoms with Crippen LogP contribution in [0, 0.1) is 0 Å². The van der Waals surface area contributed by atoms with Crippen LogP contribution in [0.25, 0.3) is 16.8 Å². The molecular formula is C13H9NO3. The molecule has 0 saturated carbocycles. The third kappa shape index (κ3) is 1.42. The Labute approximate surface area is 96.7 Å². The number of hydrogen-bond donors (Lipinski definition) is 1. The van der Waals surface area contributed by atoms with Crippen molar-refractivity contribution in [2.75, 3.05) is 0 Å². The SMILES string of the molecule is O=C(O)c1cccc2c1on2-c1ccccc1. The van der Waals surface area contributed by atoms with Gasteiger partial charge in [0.05, 0.1) is 5.69 Å². The Hall–Kier alpha value is -2.49. The number of carbonyl (C=O) groups is 1. The van der Waals surface area contributed by atoms with Crippen LogP contribution in [0.1, 0.15) is 10.4 Å². The molecule has 0 aliphatic carbocycles. The second-order valence-corrected chi connectivity index (χ2v) is 3.68. The van der Waals surface area contributed by atoms with E-state index in [-0.39, 0.29) is 5.56 Å². The number of carboxylic acids is 1. The first-order valence-corrected chi connectivity index (χ1v) is 5.17. The van der Waals surface area contributed by atoms with Gasteiger partial charge in [-0.2, -0.15) is 4.74 Å². The Balaban J connectivity index is 2.17. The lowest BCUT2D eigenvalue weighted by Gasteiger charge is -2.14. The highest BCUT2D eigenvalue weighted by atomic mass is 16.5. The quantitative estimate of drug-likeness (QED) is 0.732. The number of fused-ring (bicyclic) bond motifs is 1. The molecule has 0 radical (unpaired) electrons. The summed E-state index contributed by atoms with van der Waals surface area (Å²) < 4.78 is 7.03. The topological polar surface area (TPSA) is 55.4 Å². The standard InChI is InChI=1S/C13H9NO3/c15-13(16)10-7-4-8-11-12(10)17-14(11)9-5-2-1-3-6-9/h1-8H,(H,15,16). The molecule has 1 N–H and O–H groups in total. The molecule has 3 rings (SSSR count). The van der Waals surface area contributed by atoms with E-state index < -0.39 is 5.97 Å². The number of rotatable bonds is 2. The van der Waals surface area contributed by atoms with Crippen molar-refractivity contribution in [3.8, 4) is 5.69 Å². The molecule has 0 amide bonds. The summed E-state index contributed by atoms with van der Waals surface area (Å²) in [7, 11) is 0. The molecule has 0 fully saturated rings. The van der Waals surface area contributed by atoms with E-state index in [1.54, 1.807) is 10.8 Å². The fourth-order valence-corrected chi connectivity index (χ4v) is 1.81. The highest BCUT2D eigenvalue weighted by Gasteiger charge is 2.17. The molecule has 17 heavy (non-hydrogen) atoms. The van der Waals surface area contributed by atoms with E-state index in [0.717, 1.165) is 11.2 Å². The van der Waals surface area contributed by atoms with E-state index >= 15 is 0 Å². The highest BCUT2D eigenvalue weighted by Crippen LogP contribution is 2.26. The van der Waals surface area contributed by atoms with Crippen molar-refractivity contribution in [2.24, 2.45) is 0 Å². The summed E-state index contributed by atoms with van der Waals surface area (Å²) in [5, 5.41) is 8.98. The van der Waals surface area contributed by atoms with Gasteiger partial charge in [-0.15, -0.1) is 0 Å². The minimum absolute atomic E-state index is 0.190. The molecule has 0 atom stereocenters. The van der Waals surface area contributed by atoms with Crippen LogP contribution in [-0.2, 0) is 0 Å². The number of aromatic carboxylic acids is 1. The van der Waals surface area contributed by atoms with Crippen LogP contribution in [0.2, 0.25) is 0 Å². The van der Waals surface area contributed by atoms with Gasteiger partial charge in [-0.05, 0) is 24.3 Å². The molecule has 0 aliphatic heterocycles. The Morgan fingerprint density at radius 1 is 1.06 bits per heavy atom. The average Bonchev–Trinajstić information content (AvgIpc) is 2.31. The Bertz CT molecular complexity index is 679. The van der Waals surface area contributed by atoms with Gasteiger partial charge in [-0.3, -0.25) is 0 Å². The predicted octanol–water partition coefficient (Wildman–Crippen LogP) is 2.92. The van der Waals surface area contributed by atoms with Crippen molar-refractivity contribution in [3.63, 3.8) is 0 Å². The Morgan fingerprint density at radius 2 is 1.82 bits per heavy atom. The van der Waals surface area contributed by atoms with Crippen LogP contribution in [0.15, 0.2) is 53.1 Å². The average molecular weight is 227 g/mol. The molecule has 0 unspecified atom stereocenters. The van der Waals surface area contributed by atoms with Crippen molar-refractivity contribution in [2.45, 2.75) is 0 Å². The molecular weight excluding hydrogens is 218 g/mol. The number of hydrogen-bond acceptors (Lipinski definition) is 2. The summed E-state index contributed by atoms with van der Waals surface area (Å²) in [6.45, 7) is 0. The zero-order valence-electron chi connectivity index (χ0n) is 8.83. The Kier molecular flexibility index (Phi) is 2.01. The van der Waals surface area contributed by atoms with E-state index in [1.165, 1.54) is 6.07 Å². The molecule has 2 aromatic carbocycles. The van der Waals surface area contributed by atoms with Crippen LogP contribution in [0.4, 0.5) is 0 Å². The summed E-state index contributed by atoms with van der Waals surface area (Å²) >= 11 is 0. The van der Waals surface area contributed by atoms with Gasteiger partial charge in [0.2, 0.25) is 0 Å². The van der Waals surface area contributed by atoms with E-state index in [4.69, 9.17) is 9.63 Å². The lowest BCUT2D eigenvalue weighted by atomic mass is 10.2. The van der Waals surface area contributed by atoms with E-state index in [2.05, 4.69) is 0 Å². The minimum Gasteiger partial charge on any atom is -0.478 e. The molecule has 1 aromatic heterocycles. The minimum atomic E-state index is -0.977. The molecule has 4 nitrogen and oxygen atoms in total. The number of aromatic nitrogens is 1. The summed E-state index contributed by atoms with van der Waals surface area (Å²) in [5.41, 5.74) is 2.26. The van der Waals surface area contributed by atoms with Crippen LogP contribution in [0.5, 0.6) is 0 Å². The number of para-hydroxylation sites is 2. The van der Waals surface area contributed by atoms with Crippen molar-refractivity contribution in [1.29, 1.82) is 0 Å². The van der Waals surface area contributed by atoms with E-state index in [9.17, 15) is 4.79 Å². The first-order valence-electron chi connectivity index (χ1n) is 5.17. The summed E-state index contributed by atoms with van der Waals surface area (Å²) in [4.78, 5) is 11.0. The maximum absolute atomic E-state index is 11.0. The van der Waals surface area contributed by atoms with Crippen LogP contribution in [0.3, 0.4) is 0 Å². The van der Waals surface area contributed by atoms with Gasteiger partial charge < -0.3 is 9.63 Å². The molecule has 3 aromatic rings. The fourth-order valence-electron chi connectivity index (χ4n) is 1.81. The smallest absolute Gasteiger partial charge is 0.339 e. The van der Waals surface area contributed by atoms with E-state index in [1.807, 2.05) is 36.4 Å². The van der Waals surface area contributed by atoms with Gasteiger partial charge >= 0.3 is 5.97 Å². The van der Waals surface area contributed by atoms with Gasteiger partial charge in [0.15, 0.2) is 5.58 Å².